The zero-order valence-electron chi connectivity index (χ0n) is 11.8. The van der Waals surface area contributed by atoms with E-state index >= 15 is 0 Å². The van der Waals surface area contributed by atoms with Gasteiger partial charge in [-0.3, -0.25) is 5.41 Å². The Balaban J connectivity index is 2.11. The number of nitrogen functional groups attached to an aromatic ring is 1. The molecule has 0 atom stereocenters. The van der Waals surface area contributed by atoms with E-state index in [9.17, 15) is 0 Å². The smallest absolute Gasteiger partial charge is 0.130 e. The summed E-state index contributed by atoms with van der Waals surface area (Å²) in [5, 5.41) is 16.6. The third-order valence-electron chi connectivity index (χ3n) is 3.04. The van der Waals surface area contributed by atoms with Gasteiger partial charge < -0.3 is 20.3 Å². The van der Waals surface area contributed by atoms with E-state index in [1.807, 2.05) is 24.3 Å². The van der Waals surface area contributed by atoms with E-state index in [1.165, 1.54) is 7.11 Å². The van der Waals surface area contributed by atoms with E-state index in [-0.39, 0.29) is 12.4 Å². The Hall–Kier alpha value is -2.53. The Bertz CT molecular complexity index is 641. The average molecular weight is 286 g/mol. The molecule has 21 heavy (non-hydrogen) atoms. The Morgan fingerprint density at radius 3 is 2.67 bits per heavy atom. The van der Waals surface area contributed by atoms with E-state index in [0.29, 0.717) is 23.7 Å². The number of nitrogens with one attached hydrogen (secondary N) is 1. The van der Waals surface area contributed by atoms with Crippen LogP contribution in [0.4, 0.5) is 0 Å². The molecule has 0 fully saturated rings. The summed E-state index contributed by atoms with van der Waals surface area (Å²) >= 11 is 0. The third kappa shape index (κ3) is 3.73. The summed E-state index contributed by atoms with van der Waals surface area (Å²) < 4.78 is 10.9. The number of ether oxygens (including phenoxy) is 2. The van der Waals surface area contributed by atoms with E-state index in [2.05, 4.69) is 0 Å². The van der Waals surface area contributed by atoms with Crippen LogP contribution in [0.15, 0.2) is 42.5 Å². The van der Waals surface area contributed by atoms with Gasteiger partial charge in [0.15, 0.2) is 0 Å². The molecule has 2 aromatic rings. The predicted octanol–water partition coefficient (Wildman–Crippen LogP) is 2.05. The van der Waals surface area contributed by atoms with Crippen molar-refractivity contribution in [2.24, 2.45) is 5.73 Å². The fraction of sp³-hybridized carbons (Fsp3) is 0.188. The maximum absolute atomic E-state index is 9.09. The predicted molar refractivity (Wildman–Crippen MR) is 80.7 cm³/mol. The molecule has 110 valence electrons. The summed E-state index contributed by atoms with van der Waals surface area (Å²) in [6, 6.07) is 12.7. The molecule has 0 saturated heterocycles. The van der Waals surface area contributed by atoms with Crippen molar-refractivity contribution < 1.29 is 14.6 Å². The number of rotatable bonds is 6. The molecular formula is C16H18N2O3. The van der Waals surface area contributed by atoms with Gasteiger partial charge in [-0.25, -0.2) is 0 Å². The molecule has 0 bridgehead atoms. The minimum absolute atomic E-state index is 0.0155. The van der Waals surface area contributed by atoms with Crippen molar-refractivity contribution in [3.8, 4) is 11.5 Å². The summed E-state index contributed by atoms with van der Waals surface area (Å²) in [4.78, 5) is 0. The van der Waals surface area contributed by atoms with Gasteiger partial charge in [-0.05, 0) is 35.4 Å². The quantitative estimate of drug-likeness (QED) is 0.560. The normalized spacial score (nSPS) is 10.2. The van der Waals surface area contributed by atoms with Crippen LogP contribution in [-0.2, 0) is 13.2 Å². The molecule has 0 aliphatic rings. The first-order chi connectivity index (χ1) is 10.1. The van der Waals surface area contributed by atoms with Crippen LogP contribution in [0.25, 0.3) is 0 Å². The van der Waals surface area contributed by atoms with Crippen LogP contribution in [0.3, 0.4) is 0 Å². The van der Waals surface area contributed by atoms with Crippen molar-refractivity contribution in [2.75, 3.05) is 7.11 Å². The summed E-state index contributed by atoms with van der Waals surface area (Å²) in [6.07, 6.45) is 0. The Labute approximate surface area is 123 Å². The summed E-state index contributed by atoms with van der Waals surface area (Å²) in [7, 11) is 1.54. The van der Waals surface area contributed by atoms with Crippen LogP contribution >= 0.6 is 0 Å². The lowest BCUT2D eigenvalue weighted by atomic mass is 10.1. The highest BCUT2D eigenvalue weighted by atomic mass is 16.5. The minimum Gasteiger partial charge on any atom is -0.496 e. The Morgan fingerprint density at radius 2 is 2.00 bits per heavy atom. The maximum Gasteiger partial charge on any atom is 0.130 e. The van der Waals surface area contributed by atoms with E-state index in [4.69, 9.17) is 25.7 Å². The first kappa shape index (κ1) is 14.9. The van der Waals surface area contributed by atoms with Crippen molar-refractivity contribution >= 4 is 5.84 Å². The van der Waals surface area contributed by atoms with Crippen molar-refractivity contribution in [1.29, 1.82) is 5.41 Å². The fourth-order valence-electron chi connectivity index (χ4n) is 1.95. The van der Waals surface area contributed by atoms with E-state index in [1.54, 1.807) is 18.2 Å². The summed E-state index contributed by atoms with van der Waals surface area (Å²) in [5.41, 5.74) is 7.76. The van der Waals surface area contributed by atoms with Gasteiger partial charge in [0, 0.05) is 0 Å². The van der Waals surface area contributed by atoms with Crippen molar-refractivity contribution in [3.05, 3.63) is 59.2 Å². The lowest BCUT2D eigenvalue weighted by Gasteiger charge is -2.11. The molecule has 0 heterocycles. The monoisotopic (exact) mass is 286 g/mol. The highest BCUT2D eigenvalue weighted by molar-refractivity contribution is 5.97. The Morgan fingerprint density at radius 1 is 1.19 bits per heavy atom. The zero-order chi connectivity index (χ0) is 15.2. The molecule has 4 N–H and O–H groups in total. The van der Waals surface area contributed by atoms with Gasteiger partial charge in [0.25, 0.3) is 0 Å². The number of aliphatic hydroxyl groups excluding tert-OH is 1. The molecule has 2 aromatic carbocycles. The second kappa shape index (κ2) is 6.76. The number of hydrogen-bond donors (Lipinski definition) is 3. The Kier molecular flexibility index (Phi) is 4.79. The van der Waals surface area contributed by atoms with Crippen molar-refractivity contribution in [3.63, 3.8) is 0 Å². The van der Waals surface area contributed by atoms with Gasteiger partial charge in [-0.15, -0.1) is 0 Å². The topological polar surface area (TPSA) is 88.6 Å². The highest BCUT2D eigenvalue weighted by Crippen LogP contribution is 2.21. The molecule has 5 heteroatoms. The van der Waals surface area contributed by atoms with Gasteiger partial charge in [0.1, 0.15) is 23.9 Å². The van der Waals surface area contributed by atoms with Crippen LogP contribution in [-0.4, -0.2) is 18.1 Å². The van der Waals surface area contributed by atoms with Crippen LogP contribution in [0.1, 0.15) is 16.7 Å². The molecule has 0 amide bonds. The van der Waals surface area contributed by atoms with Gasteiger partial charge in [-0.1, -0.05) is 18.2 Å². The summed E-state index contributed by atoms with van der Waals surface area (Å²) in [5.74, 6) is 1.21. The number of benzene rings is 2. The number of methoxy groups -OCH3 is 1. The average Bonchev–Trinajstić information content (AvgIpc) is 2.52. The van der Waals surface area contributed by atoms with Crippen molar-refractivity contribution in [2.45, 2.75) is 13.2 Å². The van der Waals surface area contributed by atoms with Crippen LogP contribution in [0, 0.1) is 5.41 Å². The van der Waals surface area contributed by atoms with Gasteiger partial charge >= 0.3 is 0 Å². The largest absolute Gasteiger partial charge is 0.496 e. The number of nitrogens with two attached hydrogens (primary N) is 1. The number of hydrogen-bond acceptors (Lipinski definition) is 4. The molecule has 5 nitrogen and oxygen atoms in total. The third-order valence-corrected chi connectivity index (χ3v) is 3.04. The highest BCUT2D eigenvalue weighted by Gasteiger charge is 2.07. The lowest BCUT2D eigenvalue weighted by molar-refractivity contribution is 0.278. The van der Waals surface area contributed by atoms with Gasteiger partial charge in [0.05, 0.1) is 19.3 Å². The lowest BCUT2D eigenvalue weighted by Crippen LogP contribution is -2.12. The van der Waals surface area contributed by atoms with Gasteiger partial charge in [0.2, 0.25) is 0 Å². The first-order valence-electron chi connectivity index (χ1n) is 6.48. The van der Waals surface area contributed by atoms with E-state index in [0.717, 1.165) is 11.1 Å². The van der Waals surface area contributed by atoms with E-state index < -0.39 is 0 Å². The number of amidine groups is 1. The molecule has 2 rings (SSSR count). The van der Waals surface area contributed by atoms with Crippen LogP contribution in [0.2, 0.25) is 0 Å². The SMILES string of the molecule is COc1cc(COc2cccc(CO)c2)ccc1C(=N)N. The fourth-order valence-corrected chi connectivity index (χ4v) is 1.95. The molecule has 0 aliphatic carbocycles. The molecule has 0 saturated carbocycles. The van der Waals surface area contributed by atoms with Crippen LogP contribution in [0.5, 0.6) is 11.5 Å². The second-order valence-corrected chi connectivity index (χ2v) is 4.54. The number of aliphatic hydroxyl groups is 1. The molecule has 0 aromatic heterocycles. The van der Waals surface area contributed by atoms with Crippen LogP contribution < -0.4 is 15.2 Å². The van der Waals surface area contributed by atoms with Gasteiger partial charge in [-0.2, -0.15) is 0 Å². The molecule has 0 spiro atoms. The standard InChI is InChI=1S/C16H18N2O3/c1-20-15-8-12(5-6-14(15)16(17)18)10-21-13-4-2-3-11(7-13)9-19/h2-8,19H,9-10H2,1H3,(H3,17,18). The molecule has 0 aliphatic heterocycles. The molecule has 0 radical (unpaired) electrons. The zero-order valence-corrected chi connectivity index (χ0v) is 11.8. The van der Waals surface area contributed by atoms with Crippen molar-refractivity contribution in [1.82, 2.24) is 0 Å². The summed E-state index contributed by atoms with van der Waals surface area (Å²) in [6.45, 7) is 0.349. The second-order valence-electron chi connectivity index (χ2n) is 4.54. The molecular weight excluding hydrogens is 268 g/mol. The molecule has 0 unspecified atom stereocenters. The minimum atomic E-state index is -0.0324. The first-order valence-corrected chi connectivity index (χ1v) is 6.48. The maximum atomic E-state index is 9.09.